The third-order valence-electron chi connectivity index (χ3n) is 3.63. The number of nitrogens with one attached hydrogen (secondary N) is 1. The zero-order valence-corrected chi connectivity index (χ0v) is 12.1. The van der Waals surface area contributed by atoms with E-state index in [0.29, 0.717) is 0 Å². The summed E-state index contributed by atoms with van der Waals surface area (Å²) in [6.07, 6.45) is 4.08. The van der Waals surface area contributed by atoms with Gasteiger partial charge in [0.15, 0.2) is 0 Å². The molecule has 0 bridgehead atoms. The van der Waals surface area contributed by atoms with Crippen LogP contribution in [0.15, 0.2) is 48.8 Å². The van der Waals surface area contributed by atoms with Gasteiger partial charge in [-0.1, -0.05) is 18.2 Å². The minimum Gasteiger partial charge on any atom is -0.325 e. The van der Waals surface area contributed by atoms with Crippen molar-refractivity contribution in [2.45, 2.75) is 20.3 Å². The summed E-state index contributed by atoms with van der Waals surface area (Å²) in [6, 6.07) is 11.7. The Labute approximate surface area is 123 Å². The van der Waals surface area contributed by atoms with Crippen molar-refractivity contribution >= 4 is 17.2 Å². The molecule has 1 amide bonds. The fourth-order valence-corrected chi connectivity index (χ4v) is 2.32. The molecule has 2 heterocycles. The van der Waals surface area contributed by atoms with Gasteiger partial charge < -0.3 is 9.72 Å². The predicted octanol–water partition coefficient (Wildman–Crippen LogP) is 3.13. The monoisotopic (exact) mass is 279 g/mol. The maximum atomic E-state index is 12.2. The maximum absolute atomic E-state index is 12.2. The summed E-state index contributed by atoms with van der Waals surface area (Å²) in [7, 11) is 0. The van der Waals surface area contributed by atoms with Gasteiger partial charge in [-0.15, -0.1) is 0 Å². The lowest BCUT2D eigenvalue weighted by Crippen LogP contribution is -2.15. The summed E-state index contributed by atoms with van der Waals surface area (Å²) in [4.78, 5) is 16.6. The van der Waals surface area contributed by atoms with E-state index in [4.69, 9.17) is 0 Å². The summed E-state index contributed by atoms with van der Waals surface area (Å²) in [5.41, 5.74) is 4.75. The number of anilines is 1. The molecule has 4 nitrogen and oxygen atoms in total. The molecule has 21 heavy (non-hydrogen) atoms. The number of carbonyl (C=O) groups is 1. The molecule has 4 heteroatoms. The molecule has 0 unspecified atom stereocenters. The smallest absolute Gasteiger partial charge is 0.230 e. The average Bonchev–Trinajstić information content (AvgIpc) is 2.86. The fourth-order valence-electron chi connectivity index (χ4n) is 2.32. The molecule has 2 aromatic heterocycles. The summed E-state index contributed by atoms with van der Waals surface area (Å²) >= 11 is 0. The molecule has 106 valence electrons. The zero-order chi connectivity index (χ0) is 14.8. The van der Waals surface area contributed by atoms with E-state index < -0.39 is 0 Å². The van der Waals surface area contributed by atoms with Gasteiger partial charge in [-0.2, -0.15) is 0 Å². The summed E-state index contributed by atoms with van der Waals surface area (Å²) in [6.45, 7) is 4.04. The fraction of sp³-hybridized carbons (Fsp3) is 0.176. The molecule has 1 N–H and O–H groups in total. The van der Waals surface area contributed by atoms with Crippen molar-refractivity contribution in [3.63, 3.8) is 0 Å². The normalized spacial score (nSPS) is 10.8. The van der Waals surface area contributed by atoms with E-state index >= 15 is 0 Å². The molecule has 0 aliphatic carbocycles. The molecule has 0 aliphatic heterocycles. The van der Waals surface area contributed by atoms with Crippen LogP contribution in [0.5, 0.6) is 0 Å². The van der Waals surface area contributed by atoms with E-state index in [1.54, 1.807) is 0 Å². The van der Waals surface area contributed by atoms with Crippen molar-refractivity contribution in [1.82, 2.24) is 9.38 Å². The molecule has 0 saturated carbocycles. The summed E-state index contributed by atoms with van der Waals surface area (Å²) in [5.74, 6) is -0.0490. The van der Waals surface area contributed by atoms with Crippen LogP contribution in [0.2, 0.25) is 0 Å². The third-order valence-corrected chi connectivity index (χ3v) is 3.63. The van der Waals surface area contributed by atoms with Gasteiger partial charge in [-0.25, -0.2) is 4.98 Å². The first-order valence-corrected chi connectivity index (χ1v) is 6.92. The van der Waals surface area contributed by atoms with Crippen molar-refractivity contribution < 1.29 is 4.79 Å². The number of rotatable bonds is 3. The Balaban J connectivity index is 1.75. The average molecular weight is 279 g/mol. The number of amides is 1. The second-order valence-corrected chi connectivity index (χ2v) is 5.17. The Kier molecular flexibility index (Phi) is 3.44. The quantitative estimate of drug-likeness (QED) is 0.800. The Hall–Kier alpha value is -2.62. The molecule has 3 rings (SSSR count). The lowest BCUT2D eigenvalue weighted by Gasteiger charge is -2.09. The van der Waals surface area contributed by atoms with Crippen LogP contribution in [-0.2, 0) is 11.2 Å². The second kappa shape index (κ2) is 5.40. The topological polar surface area (TPSA) is 46.4 Å². The van der Waals surface area contributed by atoms with Gasteiger partial charge in [0.05, 0.1) is 12.1 Å². The largest absolute Gasteiger partial charge is 0.325 e. The molecular formula is C17H17N3O. The second-order valence-electron chi connectivity index (χ2n) is 5.17. The maximum Gasteiger partial charge on any atom is 0.230 e. The molecule has 1 aromatic carbocycles. The number of benzene rings is 1. The van der Waals surface area contributed by atoms with Crippen molar-refractivity contribution in [2.75, 3.05) is 5.32 Å². The van der Waals surface area contributed by atoms with E-state index in [9.17, 15) is 4.79 Å². The van der Waals surface area contributed by atoms with Gasteiger partial charge >= 0.3 is 0 Å². The van der Waals surface area contributed by atoms with Crippen LogP contribution in [0.1, 0.15) is 16.8 Å². The van der Waals surface area contributed by atoms with Gasteiger partial charge in [-0.05, 0) is 43.2 Å². The van der Waals surface area contributed by atoms with E-state index in [2.05, 4.69) is 10.3 Å². The molecule has 0 aliphatic rings. The Bertz CT molecular complexity index is 772. The molecule has 0 saturated heterocycles. The standard InChI is InChI=1S/C17H17N3O/c1-12-6-5-7-15(13(12)2)19-17(21)10-14-11-20-9-4-3-8-16(20)18-14/h3-9,11H,10H2,1-2H3,(H,19,21). The first-order chi connectivity index (χ1) is 10.1. The van der Waals surface area contributed by atoms with Crippen LogP contribution in [0.3, 0.4) is 0 Å². The minimum absolute atomic E-state index is 0.0490. The molecule has 0 atom stereocenters. The van der Waals surface area contributed by atoms with Gasteiger partial charge in [-0.3, -0.25) is 4.79 Å². The number of fused-ring (bicyclic) bond motifs is 1. The summed E-state index contributed by atoms with van der Waals surface area (Å²) in [5, 5.41) is 2.96. The first-order valence-electron chi connectivity index (χ1n) is 6.92. The van der Waals surface area contributed by atoms with Crippen LogP contribution in [0.25, 0.3) is 5.65 Å². The Morgan fingerprint density at radius 1 is 1.19 bits per heavy atom. The van der Waals surface area contributed by atoms with E-state index in [1.807, 2.05) is 67.0 Å². The lowest BCUT2D eigenvalue weighted by molar-refractivity contribution is -0.115. The predicted molar refractivity (Wildman–Crippen MR) is 83.4 cm³/mol. The molecular weight excluding hydrogens is 262 g/mol. The Morgan fingerprint density at radius 2 is 2.05 bits per heavy atom. The van der Waals surface area contributed by atoms with Crippen molar-refractivity contribution in [1.29, 1.82) is 0 Å². The number of nitrogens with zero attached hydrogens (tertiary/aromatic N) is 2. The van der Waals surface area contributed by atoms with Crippen LogP contribution >= 0.6 is 0 Å². The first kappa shape index (κ1) is 13.4. The number of pyridine rings is 1. The number of aromatic nitrogens is 2. The molecule has 0 fully saturated rings. The highest BCUT2D eigenvalue weighted by molar-refractivity contribution is 5.92. The van der Waals surface area contributed by atoms with Gasteiger partial charge in [0.25, 0.3) is 0 Å². The highest BCUT2D eigenvalue weighted by Crippen LogP contribution is 2.18. The zero-order valence-electron chi connectivity index (χ0n) is 12.1. The van der Waals surface area contributed by atoms with Crippen LogP contribution in [0.4, 0.5) is 5.69 Å². The lowest BCUT2D eigenvalue weighted by atomic mass is 10.1. The number of hydrogen-bond donors (Lipinski definition) is 1. The minimum atomic E-state index is -0.0490. The molecule has 0 radical (unpaired) electrons. The number of aryl methyl sites for hydroxylation is 1. The van der Waals surface area contributed by atoms with Gasteiger partial charge in [0, 0.05) is 18.1 Å². The van der Waals surface area contributed by atoms with Crippen molar-refractivity contribution in [2.24, 2.45) is 0 Å². The van der Waals surface area contributed by atoms with Gasteiger partial charge in [0.1, 0.15) is 5.65 Å². The number of hydrogen-bond acceptors (Lipinski definition) is 2. The highest BCUT2D eigenvalue weighted by Gasteiger charge is 2.09. The molecule has 3 aromatic rings. The van der Waals surface area contributed by atoms with Crippen molar-refractivity contribution in [3.05, 3.63) is 65.6 Å². The SMILES string of the molecule is Cc1cccc(NC(=O)Cc2cn3ccccc3n2)c1C. The van der Waals surface area contributed by atoms with E-state index in [1.165, 1.54) is 5.56 Å². The Morgan fingerprint density at radius 3 is 2.86 bits per heavy atom. The van der Waals surface area contributed by atoms with Gasteiger partial charge in [0.2, 0.25) is 5.91 Å². The third kappa shape index (κ3) is 2.79. The van der Waals surface area contributed by atoms with Crippen LogP contribution in [0, 0.1) is 13.8 Å². The van der Waals surface area contributed by atoms with E-state index in [-0.39, 0.29) is 12.3 Å². The summed E-state index contributed by atoms with van der Waals surface area (Å²) < 4.78 is 1.92. The number of carbonyl (C=O) groups excluding carboxylic acids is 1. The van der Waals surface area contributed by atoms with Crippen LogP contribution in [-0.4, -0.2) is 15.3 Å². The number of imidazole rings is 1. The van der Waals surface area contributed by atoms with E-state index in [0.717, 1.165) is 22.6 Å². The van der Waals surface area contributed by atoms with Crippen LogP contribution < -0.4 is 5.32 Å². The van der Waals surface area contributed by atoms with Crippen molar-refractivity contribution in [3.8, 4) is 0 Å². The highest BCUT2D eigenvalue weighted by atomic mass is 16.1. The molecule has 0 spiro atoms.